The Labute approximate surface area is 109 Å². The minimum absolute atomic E-state index is 0.0952. The van der Waals surface area contributed by atoms with Crippen molar-refractivity contribution in [2.75, 3.05) is 18.8 Å². The van der Waals surface area contributed by atoms with E-state index in [0.29, 0.717) is 4.31 Å². The summed E-state index contributed by atoms with van der Waals surface area (Å²) in [5.41, 5.74) is 9.12. The monoisotopic (exact) mass is 293 g/mol. The number of nitrogen functional groups attached to an aromatic ring is 1. The number of hydrogen-bond donors (Lipinski definition) is 2. The average Bonchev–Trinajstić information content (AvgIpc) is 2.32. The number of likely N-dealkylation sites (N-methyl/N-ethyl adjacent to an activating group) is 1. The Morgan fingerprint density at radius 3 is 2.42 bits per heavy atom. The molecule has 0 aliphatic carbocycles. The Hall–Kier alpha value is -1.74. The van der Waals surface area contributed by atoms with Gasteiger partial charge in [-0.3, -0.25) is 4.79 Å². The smallest absolute Gasteiger partial charge is 0.246 e. The van der Waals surface area contributed by atoms with Crippen LogP contribution in [0.5, 0.6) is 0 Å². The van der Waals surface area contributed by atoms with Gasteiger partial charge in [0, 0.05) is 6.54 Å². The van der Waals surface area contributed by atoms with E-state index in [9.17, 15) is 22.0 Å². The van der Waals surface area contributed by atoms with Crippen molar-refractivity contribution in [1.82, 2.24) is 4.31 Å². The van der Waals surface area contributed by atoms with Crippen LogP contribution in [0.25, 0.3) is 0 Å². The van der Waals surface area contributed by atoms with E-state index >= 15 is 0 Å². The lowest BCUT2D eigenvalue weighted by atomic mass is 10.3. The second-order valence-corrected chi connectivity index (χ2v) is 5.58. The highest BCUT2D eigenvalue weighted by Crippen LogP contribution is 2.25. The first-order valence-electron chi connectivity index (χ1n) is 5.23. The predicted molar refractivity (Wildman–Crippen MR) is 64.4 cm³/mol. The van der Waals surface area contributed by atoms with Gasteiger partial charge in [-0.25, -0.2) is 17.2 Å². The lowest BCUT2D eigenvalue weighted by Crippen LogP contribution is -2.38. The summed E-state index contributed by atoms with van der Waals surface area (Å²) in [6, 6.07) is 1.49. The summed E-state index contributed by atoms with van der Waals surface area (Å²) in [6.45, 7) is 0.753. The number of hydrogen-bond acceptors (Lipinski definition) is 4. The standard InChI is InChI=1S/C10H13F2N3O3S/c1-2-15(5-8(13)16)19(17,18)7-4-3-6(11)10(14)9(7)12/h3-4H,2,5,14H2,1H3,(H2,13,16). The Balaban J connectivity index is 3.34. The van der Waals surface area contributed by atoms with Crippen LogP contribution in [0.1, 0.15) is 6.92 Å². The fourth-order valence-corrected chi connectivity index (χ4v) is 2.92. The molecule has 0 fully saturated rings. The molecule has 1 aromatic carbocycles. The Kier molecular flexibility index (Phi) is 4.43. The van der Waals surface area contributed by atoms with Crippen LogP contribution in [0.15, 0.2) is 17.0 Å². The largest absolute Gasteiger partial charge is 0.394 e. The van der Waals surface area contributed by atoms with Gasteiger partial charge in [0.25, 0.3) is 0 Å². The number of primary amides is 1. The van der Waals surface area contributed by atoms with E-state index in [1.807, 2.05) is 0 Å². The summed E-state index contributed by atoms with van der Waals surface area (Å²) in [5, 5.41) is 0. The molecule has 0 aromatic heterocycles. The van der Waals surface area contributed by atoms with Crippen molar-refractivity contribution >= 4 is 21.6 Å². The summed E-state index contributed by atoms with van der Waals surface area (Å²) in [7, 11) is -4.31. The van der Waals surface area contributed by atoms with Gasteiger partial charge in [0.05, 0.1) is 6.54 Å². The number of benzene rings is 1. The van der Waals surface area contributed by atoms with Crippen LogP contribution in [0.2, 0.25) is 0 Å². The molecule has 0 unspecified atom stereocenters. The highest BCUT2D eigenvalue weighted by atomic mass is 32.2. The molecule has 1 amide bonds. The summed E-state index contributed by atoms with van der Waals surface area (Å²) in [5.74, 6) is -3.33. The molecular weight excluding hydrogens is 280 g/mol. The van der Waals surface area contributed by atoms with E-state index in [4.69, 9.17) is 11.5 Å². The van der Waals surface area contributed by atoms with Gasteiger partial charge in [0.15, 0.2) is 5.82 Å². The lowest BCUT2D eigenvalue weighted by Gasteiger charge is -2.19. The number of carbonyl (C=O) groups excluding carboxylic acids is 1. The van der Waals surface area contributed by atoms with Crippen molar-refractivity contribution in [3.63, 3.8) is 0 Å². The van der Waals surface area contributed by atoms with Crippen molar-refractivity contribution < 1.29 is 22.0 Å². The molecule has 0 bridgehead atoms. The molecule has 0 radical (unpaired) electrons. The second-order valence-electron chi connectivity index (χ2n) is 3.67. The molecule has 9 heteroatoms. The SMILES string of the molecule is CCN(CC(N)=O)S(=O)(=O)c1ccc(F)c(N)c1F. The van der Waals surface area contributed by atoms with Gasteiger partial charge in [-0.05, 0) is 12.1 Å². The Morgan fingerprint density at radius 1 is 1.37 bits per heavy atom. The molecule has 19 heavy (non-hydrogen) atoms. The van der Waals surface area contributed by atoms with Crippen LogP contribution in [0.4, 0.5) is 14.5 Å². The fraction of sp³-hybridized carbons (Fsp3) is 0.300. The molecule has 106 valence electrons. The minimum Gasteiger partial charge on any atom is -0.394 e. The van der Waals surface area contributed by atoms with Crippen LogP contribution in [-0.4, -0.2) is 31.7 Å². The van der Waals surface area contributed by atoms with E-state index in [0.717, 1.165) is 12.1 Å². The van der Waals surface area contributed by atoms with Gasteiger partial charge in [0.2, 0.25) is 15.9 Å². The minimum atomic E-state index is -4.31. The molecule has 0 saturated carbocycles. The van der Waals surface area contributed by atoms with E-state index < -0.39 is 44.7 Å². The van der Waals surface area contributed by atoms with Crippen molar-refractivity contribution in [3.05, 3.63) is 23.8 Å². The molecule has 0 saturated heterocycles. The third-order valence-electron chi connectivity index (χ3n) is 2.39. The van der Waals surface area contributed by atoms with Crippen LogP contribution < -0.4 is 11.5 Å². The second kappa shape index (κ2) is 5.49. The molecule has 0 aliphatic rings. The average molecular weight is 293 g/mol. The zero-order valence-electron chi connectivity index (χ0n) is 10.1. The van der Waals surface area contributed by atoms with E-state index in [2.05, 4.69) is 0 Å². The third kappa shape index (κ3) is 2.99. The van der Waals surface area contributed by atoms with Crippen LogP contribution in [0, 0.1) is 11.6 Å². The van der Waals surface area contributed by atoms with E-state index in [-0.39, 0.29) is 6.54 Å². The van der Waals surface area contributed by atoms with Crippen molar-refractivity contribution in [2.24, 2.45) is 5.73 Å². The molecule has 0 aliphatic heterocycles. The Morgan fingerprint density at radius 2 is 1.95 bits per heavy atom. The van der Waals surface area contributed by atoms with Gasteiger partial charge in [-0.2, -0.15) is 4.31 Å². The van der Waals surface area contributed by atoms with E-state index in [1.165, 1.54) is 6.92 Å². The highest BCUT2D eigenvalue weighted by Gasteiger charge is 2.29. The summed E-state index contributed by atoms with van der Waals surface area (Å²) in [4.78, 5) is 9.99. The number of amides is 1. The van der Waals surface area contributed by atoms with Crippen LogP contribution >= 0.6 is 0 Å². The van der Waals surface area contributed by atoms with Gasteiger partial charge >= 0.3 is 0 Å². The predicted octanol–water partition coefficient (Wildman–Crippen LogP) is 0.0429. The highest BCUT2D eigenvalue weighted by molar-refractivity contribution is 7.89. The maximum absolute atomic E-state index is 13.7. The molecule has 0 atom stereocenters. The topological polar surface area (TPSA) is 106 Å². The number of rotatable bonds is 5. The molecule has 0 heterocycles. The summed E-state index contributed by atoms with van der Waals surface area (Å²) in [6.07, 6.45) is 0. The number of nitrogens with two attached hydrogens (primary N) is 2. The third-order valence-corrected chi connectivity index (χ3v) is 4.33. The quantitative estimate of drug-likeness (QED) is 0.748. The number of carbonyl (C=O) groups is 1. The number of nitrogens with zero attached hydrogens (tertiary/aromatic N) is 1. The van der Waals surface area contributed by atoms with Gasteiger partial charge in [-0.1, -0.05) is 6.92 Å². The van der Waals surface area contributed by atoms with Crippen molar-refractivity contribution in [2.45, 2.75) is 11.8 Å². The number of halogens is 2. The number of sulfonamides is 1. The first-order chi connectivity index (χ1) is 8.71. The van der Waals surface area contributed by atoms with Crippen LogP contribution in [-0.2, 0) is 14.8 Å². The molecular formula is C10H13F2N3O3S. The molecule has 6 nitrogen and oxygen atoms in total. The first kappa shape index (κ1) is 15.3. The van der Waals surface area contributed by atoms with Crippen molar-refractivity contribution in [3.8, 4) is 0 Å². The molecule has 4 N–H and O–H groups in total. The number of anilines is 1. The van der Waals surface area contributed by atoms with Crippen LogP contribution in [0.3, 0.4) is 0 Å². The lowest BCUT2D eigenvalue weighted by molar-refractivity contribution is -0.118. The molecule has 0 spiro atoms. The fourth-order valence-electron chi connectivity index (χ4n) is 1.43. The molecule has 1 rings (SSSR count). The zero-order chi connectivity index (χ0) is 14.8. The first-order valence-corrected chi connectivity index (χ1v) is 6.67. The van der Waals surface area contributed by atoms with Gasteiger partial charge in [0.1, 0.15) is 16.4 Å². The summed E-state index contributed by atoms with van der Waals surface area (Å²) < 4.78 is 51.5. The maximum Gasteiger partial charge on any atom is 0.246 e. The molecule has 1 aromatic rings. The normalized spacial score (nSPS) is 11.8. The maximum atomic E-state index is 13.7. The van der Waals surface area contributed by atoms with Gasteiger partial charge in [-0.15, -0.1) is 0 Å². The zero-order valence-corrected chi connectivity index (χ0v) is 10.9. The Bertz CT molecular complexity index is 604. The summed E-state index contributed by atoms with van der Waals surface area (Å²) >= 11 is 0. The van der Waals surface area contributed by atoms with E-state index in [1.54, 1.807) is 0 Å². The van der Waals surface area contributed by atoms with Crippen molar-refractivity contribution in [1.29, 1.82) is 0 Å². The van der Waals surface area contributed by atoms with Gasteiger partial charge < -0.3 is 11.5 Å².